The smallest absolute Gasteiger partial charge is 0.330 e. The number of fused-ring (bicyclic) bond motifs is 3. The van der Waals surface area contributed by atoms with Crippen LogP contribution in [0, 0.1) is 0 Å². The molecule has 2 aromatic carbocycles. The van der Waals surface area contributed by atoms with Crippen molar-refractivity contribution in [2.75, 3.05) is 6.61 Å². The Hall–Kier alpha value is -3.21. The summed E-state index contributed by atoms with van der Waals surface area (Å²) in [7, 11) is 0. The third-order valence-electron chi connectivity index (χ3n) is 3.82. The van der Waals surface area contributed by atoms with Crippen molar-refractivity contribution in [3.05, 3.63) is 81.9 Å². The summed E-state index contributed by atoms with van der Waals surface area (Å²) >= 11 is 0. The lowest BCUT2D eigenvalue weighted by Crippen LogP contribution is -2.32. The first-order valence-electron chi connectivity index (χ1n) is 7.47. The second-order valence-electron chi connectivity index (χ2n) is 5.22. The molecule has 0 aliphatic rings. The zero-order valence-corrected chi connectivity index (χ0v) is 12.9. The minimum absolute atomic E-state index is 0.0140. The highest BCUT2D eigenvalue weighted by atomic mass is 16.5. The Bertz CT molecular complexity index is 994. The van der Waals surface area contributed by atoms with E-state index in [0.717, 1.165) is 21.4 Å². The van der Waals surface area contributed by atoms with E-state index in [2.05, 4.69) is 6.58 Å². The Morgan fingerprint density at radius 3 is 1.83 bits per heavy atom. The number of hydrogen-bond donors (Lipinski definition) is 0. The molecule has 0 unspecified atom stereocenters. The molecule has 24 heavy (non-hydrogen) atoms. The maximum absolute atomic E-state index is 12.8. The number of carbonyl (C=O) groups is 1. The maximum Gasteiger partial charge on any atom is 0.330 e. The standard InChI is InChI=1S/C19H15NO4/c1-2-17(21)24-12-11-20-18(22)15-9-5-3-7-13(15)14-8-4-6-10-16(14)19(20)23/h2-10H,1,11-12H2. The topological polar surface area (TPSA) is 65.4 Å². The third kappa shape index (κ3) is 2.72. The maximum atomic E-state index is 12.8. The molecule has 120 valence electrons. The van der Waals surface area contributed by atoms with Gasteiger partial charge in [0.15, 0.2) is 0 Å². The van der Waals surface area contributed by atoms with Gasteiger partial charge in [0.25, 0.3) is 11.1 Å². The Labute approximate surface area is 137 Å². The molecule has 0 aliphatic carbocycles. The molecule has 5 heteroatoms. The summed E-state index contributed by atoms with van der Waals surface area (Å²) in [6.45, 7) is 3.22. The van der Waals surface area contributed by atoms with E-state index in [1.807, 2.05) is 24.3 Å². The minimum Gasteiger partial charge on any atom is -0.461 e. The second-order valence-corrected chi connectivity index (χ2v) is 5.22. The van der Waals surface area contributed by atoms with Crippen LogP contribution in [0.15, 0.2) is 70.8 Å². The van der Waals surface area contributed by atoms with E-state index >= 15 is 0 Å². The molecule has 0 N–H and O–H groups in total. The average Bonchev–Trinajstić information content (AvgIpc) is 2.71. The number of nitrogens with zero attached hydrogens (tertiary/aromatic N) is 1. The monoisotopic (exact) mass is 321 g/mol. The first kappa shape index (κ1) is 15.7. The summed E-state index contributed by atoms with van der Waals surface area (Å²) in [6.07, 6.45) is 1.04. The van der Waals surface area contributed by atoms with Crippen molar-refractivity contribution in [2.45, 2.75) is 6.54 Å². The average molecular weight is 321 g/mol. The highest BCUT2D eigenvalue weighted by molar-refractivity contribution is 6.05. The van der Waals surface area contributed by atoms with Crippen LogP contribution >= 0.6 is 0 Å². The number of rotatable bonds is 4. The fraction of sp³-hybridized carbons (Fsp3) is 0.105. The minimum atomic E-state index is -0.592. The Balaban J connectivity index is 2.28. The van der Waals surface area contributed by atoms with Crippen LogP contribution in [0.3, 0.4) is 0 Å². The first-order valence-corrected chi connectivity index (χ1v) is 7.47. The predicted octanol–water partition coefficient (Wildman–Crippen LogP) is 2.24. The Morgan fingerprint density at radius 1 is 0.917 bits per heavy atom. The SMILES string of the molecule is C=CC(=O)OCCn1c(=O)c2ccccc2c2ccccc2c1=O. The number of benzene rings is 2. The molecule has 3 rings (SSSR count). The summed E-state index contributed by atoms with van der Waals surface area (Å²) in [5.74, 6) is -0.592. The van der Waals surface area contributed by atoms with Gasteiger partial charge >= 0.3 is 5.97 Å². The number of esters is 1. The molecule has 0 amide bonds. The van der Waals surface area contributed by atoms with Gasteiger partial charge in [-0.3, -0.25) is 14.2 Å². The molecule has 0 spiro atoms. The largest absolute Gasteiger partial charge is 0.461 e. The van der Waals surface area contributed by atoms with Crippen molar-refractivity contribution in [2.24, 2.45) is 0 Å². The molecule has 1 heterocycles. The van der Waals surface area contributed by atoms with Gasteiger partial charge in [-0.1, -0.05) is 43.0 Å². The van der Waals surface area contributed by atoms with E-state index in [1.165, 1.54) is 0 Å². The molecule has 0 saturated carbocycles. The molecule has 5 nitrogen and oxygen atoms in total. The van der Waals surface area contributed by atoms with E-state index in [9.17, 15) is 14.4 Å². The lowest BCUT2D eigenvalue weighted by molar-refractivity contribution is -0.138. The van der Waals surface area contributed by atoms with Crippen molar-refractivity contribution < 1.29 is 9.53 Å². The second kappa shape index (κ2) is 6.50. The number of ether oxygens (including phenoxy) is 1. The van der Waals surface area contributed by atoms with Crippen LogP contribution < -0.4 is 11.1 Å². The molecule has 1 aromatic heterocycles. The van der Waals surface area contributed by atoms with Crippen LogP contribution in [0.5, 0.6) is 0 Å². The van der Waals surface area contributed by atoms with E-state index in [0.29, 0.717) is 10.8 Å². The summed E-state index contributed by atoms with van der Waals surface area (Å²) in [5, 5.41) is 2.34. The zero-order chi connectivity index (χ0) is 17.1. The molecule has 0 radical (unpaired) electrons. The van der Waals surface area contributed by atoms with E-state index in [1.54, 1.807) is 24.3 Å². The molecule has 0 aliphatic heterocycles. The Morgan fingerprint density at radius 2 is 1.38 bits per heavy atom. The quantitative estimate of drug-likeness (QED) is 0.546. The van der Waals surface area contributed by atoms with Crippen molar-refractivity contribution in [3.8, 4) is 0 Å². The van der Waals surface area contributed by atoms with E-state index in [4.69, 9.17) is 4.74 Å². The van der Waals surface area contributed by atoms with Crippen molar-refractivity contribution in [3.63, 3.8) is 0 Å². The van der Waals surface area contributed by atoms with Crippen LogP contribution in [-0.2, 0) is 16.1 Å². The predicted molar refractivity (Wildman–Crippen MR) is 93.1 cm³/mol. The first-order chi connectivity index (χ1) is 11.6. The lowest BCUT2D eigenvalue weighted by Gasteiger charge is -2.03. The fourth-order valence-electron chi connectivity index (χ4n) is 2.69. The molecular weight excluding hydrogens is 306 g/mol. The molecule has 0 fully saturated rings. The number of carbonyl (C=O) groups excluding carboxylic acids is 1. The molecule has 0 bridgehead atoms. The summed E-state index contributed by atoms with van der Waals surface area (Å²) in [5.41, 5.74) is -0.803. The van der Waals surface area contributed by atoms with Gasteiger partial charge in [-0.25, -0.2) is 4.79 Å². The van der Waals surface area contributed by atoms with E-state index < -0.39 is 17.1 Å². The molecular formula is C19H15NO4. The van der Waals surface area contributed by atoms with Gasteiger partial charge in [-0.05, 0) is 22.9 Å². The molecule has 0 saturated heterocycles. The Kier molecular flexibility index (Phi) is 4.24. The van der Waals surface area contributed by atoms with Gasteiger partial charge in [-0.15, -0.1) is 0 Å². The van der Waals surface area contributed by atoms with E-state index in [-0.39, 0.29) is 13.2 Å². The normalized spacial score (nSPS) is 10.7. The zero-order valence-electron chi connectivity index (χ0n) is 12.9. The summed E-state index contributed by atoms with van der Waals surface area (Å²) in [6, 6.07) is 14.2. The van der Waals surface area contributed by atoms with Crippen LogP contribution in [0.1, 0.15) is 0 Å². The van der Waals surface area contributed by atoms with Crippen molar-refractivity contribution in [1.82, 2.24) is 4.57 Å². The summed E-state index contributed by atoms with van der Waals surface area (Å²) in [4.78, 5) is 36.8. The highest BCUT2D eigenvalue weighted by Gasteiger charge is 2.10. The third-order valence-corrected chi connectivity index (χ3v) is 3.82. The van der Waals surface area contributed by atoms with Gasteiger partial charge in [0, 0.05) is 16.8 Å². The van der Waals surface area contributed by atoms with Gasteiger partial charge in [0.05, 0.1) is 6.54 Å². The van der Waals surface area contributed by atoms with Gasteiger partial charge in [-0.2, -0.15) is 0 Å². The number of hydrogen-bond acceptors (Lipinski definition) is 4. The highest BCUT2D eigenvalue weighted by Crippen LogP contribution is 2.19. The van der Waals surface area contributed by atoms with Gasteiger partial charge in [0.2, 0.25) is 0 Å². The van der Waals surface area contributed by atoms with Crippen LogP contribution in [0.25, 0.3) is 21.5 Å². The van der Waals surface area contributed by atoms with Crippen LogP contribution in [-0.4, -0.2) is 17.1 Å². The molecule has 0 atom stereocenters. The summed E-state index contributed by atoms with van der Waals surface area (Å²) < 4.78 is 6.02. The molecule has 3 aromatic rings. The van der Waals surface area contributed by atoms with Gasteiger partial charge < -0.3 is 4.74 Å². The fourth-order valence-corrected chi connectivity index (χ4v) is 2.69. The van der Waals surface area contributed by atoms with Crippen LogP contribution in [0.2, 0.25) is 0 Å². The lowest BCUT2D eigenvalue weighted by atomic mass is 10.1. The number of aromatic nitrogens is 1. The van der Waals surface area contributed by atoms with Gasteiger partial charge in [0.1, 0.15) is 6.61 Å². The van der Waals surface area contributed by atoms with Crippen molar-refractivity contribution in [1.29, 1.82) is 0 Å². The van der Waals surface area contributed by atoms with Crippen LogP contribution in [0.4, 0.5) is 0 Å². The van der Waals surface area contributed by atoms with Crippen molar-refractivity contribution >= 4 is 27.5 Å².